The maximum atomic E-state index is 6.09. The minimum Gasteiger partial charge on any atom is -0.371 e. The Morgan fingerprint density at radius 1 is 1.29 bits per heavy atom. The van der Waals surface area contributed by atoms with E-state index in [2.05, 4.69) is 31.9 Å². The van der Waals surface area contributed by atoms with Crippen LogP contribution < -0.4 is 10.6 Å². The molecule has 1 rings (SSSR count). The Labute approximate surface area is 110 Å². The molecule has 2 N–H and O–H groups in total. The van der Waals surface area contributed by atoms with Gasteiger partial charge < -0.3 is 10.6 Å². The number of halogens is 1. The Morgan fingerprint density at radius 3 is 2.47 bits per heavy atom. The van der Waals surface area contributed by atoms with Crippen molar-refractivity contribution in [3.63, 3.8) is 0 Å². The van der Waals surface area contributed by atoms with Crippen LogP contribution in [0.15, 0.2) is 18.2 Å². The molecular weight excluding hydrogens is 232 g/mol. The van der Waals surface area contributed by atoms with E-state index in [4.69, 9.17) is 17.3 Å². The molecule has 17 heavy (non-hydrogen) atoms. The van der Waals surface area contributed by atoms with Crippen molar-refractivity contribution >= 4 is 17.3 Å². The van der Waals surface area contributed by atoms with Crippen molar-refractivity contribution < 1.29 is 0 Å². The van der Waals surface area contributed by atoms with E-state index in [-0.39, 0.29) is 0 Å². The predicted octanol–water partition coefficient (Wildman–Crippen LogP) is 3.47. The summed E-state index contributed by atoms with van der Waals surface area (Å²) in [5.41, 5.74) is 8.16. The number of nitrogens with two attached hydrogens (primary N) is 1. The van der Waals surface area contributed by atoms with Crippen LogP contribution in [-0.4, -0.2) is 19.6 Å². The van der Waals surface area contributed by atoms with Gasteiger partial charge in [0.25, 0.3) is 0 Å². The Kier molecular flexibility index (Phi) is 5.79. The van der Waals surface area contributed by atoms with Crippen molar-refractivity contribution in [3.05, 3.63) is 28.8 Å². The van der Waals surface area contributed by atoms with Gasteiger partial charge in [0.2, 0.25) is 0 Å². The van der Waals surface area contributed by atoms with Gasteiger partial charge in [0.1, 0.15) is 0 Å². The highest BCUT2D eigenvalue weighted by Crippen LogP contribution is 2.27. The molecular formula is C14H23ClN2. The van der Waals surface area contributed by atoms with E-state index in [0.29, 0.717) is 12.6 Å². The van der Waals surface area contributed by atoms with Crippen LogP contribution in [0.3, 0.4) is 0 Å². The van der Waals surface area contributed by atoms with Crippen LogP contribution in [0, 0.1) is 0 Å². The minimum atomic E-state index is 0.560. The molecule has 0 heterocycles. The van der Waals surface area contributed by atoms with E-state index in [0.717, 1.165) is 24.3 Å². The summed E-state index contributed by atoms with van der Waals surface area (Å²) >= 11 is 6.09. The minimum absolute atomic E-state index is 0.560. The molecule has 1 aromatic carbocycles. The maximum absolute atomic E-state index is 6.09. The molecule has 0 fully saturated rings. The molecule has 1 aromatic rings. The van der Waals surface area contributed by atoms with Crippen LogP contribution in [0.1, 0.15) is 32.3 Å². The fourth-order valence-electron chi connectivity index (χ4n) is 2.27. The van der Waals surface area contributed by atoms with E-state index < -0.39 is 0 Å². The molecule has 0 radical (unpaired) electrons. The largest absolute Gasteiger partial charge is 0.371 e. The number of nitrogens with zero attached hydrogens (tertiary/aromatic N) is 1. The second kappa shape index (κ2) is 6.87. The van der Waals surface area contributed by atoms with E-state index in [1.54, 1.807) is 0 Å². The molecule has 0 aliphatic heterocycles. The van der Waals surface area contributed by atoms with Gasteiger partial charge in [-0.15, -0.1) is 0 Å². The summed E-state index contributed by atoms with van der Waals surface area (Å²) in [5.74, 6) is 0. The van der Waals surface area contributed by atoms with Crippen molar-refractivity contribution in [3.8, 4) is 0 Å². The third-order valence-corrected chi connectivity index (χ3v) is 3.57. The average Bonchev–Trinajstić information content (AvgIpc) is 2.33. The molecule has 3 heteroatoms. The second-order valence-electron chi connectivity index (χ2n) is 4.39. The smallest absolute Gasteiger partial charge is 0.0426 e. The van der Waals surface area contributed by atoms with Gasteiger partial charge >= 0.3 is 0 Å². The summed E-state index contributed by atoms with van der Waals surface area (Å²) < 4.78 is 0. The first-order valence-corrected chi connectivity index (χ1v) is 6.73. The normalized spacial score (nSPS) is 10.9. The van der Waals surface area contributed by atoms with E-state index in [1.807, 2.05) is 12.1 Å². The lowest BCUT2D eigenvalue weighted by atomic mass is 10.1. The van der Waals surface area contributed by atoms with E-state index >= 15 is 0 Å². The van der Waals surface area contributed by atoms with Crippen LogP contribution in [0.25, 0.3) is 0 Å². The molecule has 0 aromatic heterocycles. The molecule has 0 aliphatic carbocycles. The van der Waals surface area contributed by atoms with Crippen molar-refractivity contribution in [2.24, 2.45) is 5.73 Å². The van der Waals surface area contributed by atoms with Crippen molar-refractivity contribution in [1.82, 2.24) is 0 Å². The molecule has 0 unspecified atom stereocenters. The molecule has 0 saturated heterocycles. The summed E-state index contributed by atoms with van der Waals surface area (Å²) in [6.45, 7) is 5.11. The van der Waals surface area contributed by atoms with Crippen molar-refractivity contribution in [2.75, 3.05) is 18.5 Å². The zero-order chi connectivity index (χ0) is 12.8. The van der Waals surface area contributed by atoms with Crippen LogP contribution in [0.4, 0.5) is 5.69 Å². The molecule has 0 spiro atoms. The zero-order valence-corrected chi connectivity index (χ0v) is 11.8. The lowest BCUT2D eigenvalue weighted by Crippen LogP contribution is -2.31. The van der Waals surface area contributed by atoms with E-state index in [1.165, 1.54) is 11.3 Å². The molecule has 0 amide bonds. The number of anilines is 1. The van der Waals surface area contributed by atoms with Crippen LogP contribution in [0.5, 0.6) is 0 Å². The third kappa shape index (κ3) is 3.62. The van der Waals surface area contributed by atoms with Gasteiger partial charge in [0.05, 0.1) is 0 Å². The van der Waals surface area contributed by atoms with Crippen LogP contribution >= 0.6 is 11.6 Å². The standard InChI is InChI=1S/C14H23ClN2/c1-4-13(5-2)17(3)14-10-12(15)7-6-11(14)8-9-16/h6-7,10,13H,4-5,8-9,16H2,1-3H3. The second-order valence-corrected chi connectivity index (χ2v) is 4.83. The topological polar surface area (TPSA) is 29.3 Å². The highest BCUT2D eigenvalue weighted by Gasteiger charge is 2.14. The summed E-state index contributed by atoms with van der Waals surface area (Å²) in [6.07, 6.45) is 3.18. The van der Waals surface area contributed by atoms with Crippen molar-refractivity contribution in [2.45, 2.75) is 39.2 Å². The summed E-state index contributed by atoms with van der Waals surface area (Å²) in [4.78, 5) is 2.33. The highest BCUT2D eigenvalue weighted by molar-refractivity contribution is 6.30. The summed E-state index contributed by atoms with van der Waals surface area (Å²) in [6, 6.07) is 6.63. The first-order chi connectivity index (χ1) is 8.13. The van der Waals surface area contributed by atoms with Gasteiger partial charge in [-0.3, -0.25) is 0 Å². The number of hydrogen-bond donors (Lipinski definition) is 1. The molecule has 0 atom stereocenters. The fourth-order valence-corrected chi connectivity index (χ4v) is 2.43. The lowest BCUT2D eigenvalue weighted by molar-refractivity contribution is 0.590. The Morgan fingerprint density at radius 2 is 1.94 bits per heavy atom. The molecule has 2 nitrogen and oxygen atoms in total. The van der Waals surface area contributed by atoms with Crippen LogP contribution in [0.2, 0.25) is 5.02 Å². The summed E-state index contributed by atoms with van der Waals surface area (Å²) in [7, 11) is 2.14. The quantitative estimate of drug-likeness (QED) is 0.842. The fraction of sp³-hybridized carbons (Fsp3) is 0.571. The van der Waals surface area contributed by atoms with Crippen molar-refractivity contribution in [1.29, 1.82) is 0 Å². The van der Waals surface area contributed by atoms with Crippen LogP contribution in [-0.2, 0) is 6.42 Å². The number of benzene rings is 1. The number of hydrogen-bond acceptors (Lipinski definition) is 2. The maximum Gasteiger partial charge on any atom is 0.0426 e. The first kappa shape index (κ1) is 14.3. The first-order valence-electron chi connectivity index (χ1n) is 6.35. The van der Waals surface area contributed by atoms with Gasteiger partial charge in [-0.2, -0.15) is 0 Å². The van der Waals surface area contributed by atoms with Gasteiger partial charge in [0, 0.05) is 23.8 Å². The van der Waals surface area contributed by atoms with Gasteiger partial charge in [-0.25, -0.2) is 0 Å². The van der Waals surface area contributed by atoms with Gasteiger partial charge in [-0.05, 0) is 43.5 Å². The Hall–Kier alpha value is -0.730. The predicted molar refractivity (Wildman–Crippen MR) is 77.0 cm³/mol. The van der Waals surface area contributed by atoms with Gasteiger partial charge in [-0.1, -0.05) is 31.5 Å². The average molecular weight is 255 g/mol. The number of rotatable bonds is 6. The van der Waals surface area contributed by atoms with E-state index in [9.17, 15) is 0 Å². The molecule has 0 aliphatic rings. The SMILES string of the molecule is CCC(CC)N(C)c1cc(Cl)ccc1CCN. The molecule has 96 valence electrons. The zero-order valence-electron chi connectivity index (χ0n) is 11.0. The lowest BCUT2D eigenvalue weighted by Gasteiger charge is -2.30. The molecule has 0 saturated carbocycles. The Bertz CT molecular complexity index is 348. The monoisotopic (exact) mass is 254 g/mol. The van der Waals surface area contributed by atoms with Gasteiger partial charge in [0.15, 0.2) is 0 Å². The Balaban J connectivity index is 3.04. The summed E-state index contributed by atoms with van der Waals surface area (Å²) in [5, 5.41) is 0.790. The third-order valence-electron chi connectivity index (χ3n) is 3.33. The highest BCUT2D eigenvalue weighted by atomic mass is 35.5. The molecule has 0 bridgehead atoms.